The second kappa shape index (κ2) is 10.2. The van der Waals surface area contributed by atoms with Crippen molar-refractivity contribution in [2.75, 3.05) is 6.54 Å². The first-order valence-electron chi connectivity index (χ1n) is 8.85. The summed E-state index contributed by atoms with van der Waals surface area (Å²) in [5, 5.41) is 5.54. The zero-order valence-corrected chi connectivity index (χ0v) is 15.3. The second-order valence-corrected chi connectivity index (χ2v) is 6.45. The summed E-state index contributed by atoms with van der Waals surface area (Å²) in [6, 6.07) is 18.7. The first-order chi connectivity index (χ1) is 12.6. The number of hydrogen-bond donors (Lipinski definition) is 2. The van der Waals surface area contributed by atoms with E-state index >= 15 is 0 Å². The van der Waals surface area contributed by atoms with Crippen molar-refractivity contribution in [1.82, 2.24) is 10.6 Å². The van der Waals surface area contributed by atoms with Gasteiger partial charge >= 0.3 is 6.09 Å². The fourth-order valence-electron chi connectivity index (χ4n) is 2.51. The Kier molecular flexibility index (Phi) is 7.68. The third-order valence-corrected chi connectivity index (χ3v) is 3.99. The minimum absolute atomic E-state index is 0.0454. The van der Waals surface area contributed by atoms with E-state index < -0.39 is 12.1 Å². The summed E-state index contributed by atoms with van der Waals surface area (Å²) < 4.78 is 5.20. The molecule has 0 saturated heterocycles. The van der Waals surface area contributed by atoms with Gasteiger partial charge in [-0.3, -0.25) is 4.79 Å². The average Bonchev–Trinajstić information content (AvgIpc) is 2.65. The van der Waals surface area contributed by atoms with Crippen LogP contribution in [0.15, 0.2) is 60.7 Å². The normalized spacial score (nSPS) is 11.7. The number of hydrogen-bond acceptors (Lipinski definition) is 3. The highest BCUT2D eigenvalue weighted by atomic mass is 16.5. The van der Waals surface area contributed by atoms with Crippen LogP contribution in [0.1, 0.15) is 25.0 Å². The number of alkyl carbamates (subject to hydrolysis) is 1. The molecule has 0 heterocycles. The van der Waals surface area contributed by atoms with Crippen molar-refractivity contribution >= 4 is 12.0 Å². The van der Waals surface area contributed by atoms with E-state index in [0.717, 1.165) is 17.5 Å². The first kappa shape index (κ1) is 19.5. The highest BCUT2D eigenvalue weighted by Crippen LogP contribution is 2.05. The number of benzene rings is 2. The number of carbonyl (C=O) groups excluding carboxylic acids is 2. The summed E-state index contributed by atoms with van der Waals surface area (Å²) >= 11 is 0. The third-order valence-electron chi connectivity index (χ3n) is 3.99. The monoisotopic (exact) mass is 354 g/mol. The Bertz CT molecular complexity index is 687. The van der Waals surface area contributed by atoms with E-state index in [1.807, 2.05) is 74.5 Å². The molecule has 0 spiro atoms. The maximum atomic E-state index is 12.4. The Labute approximate surface area is 154 Å². The molecule has 0 saturated carbocycles. The van der Waals surface area contributed by atoms with Crippen LogP contribution < -0.4 is 10.6 Å². The van der Waals surface area contributed by atoms with Crippen molar-refractivity contribution in [3.8, 4) is 0 Å². The fourth-order valence-corrected chi connectivity index (χ4v) is 2.51. The van der Waals surface area contributed by atoms with E-state index in [1.54, 1.807) is 0 Å². The molecule has 0 aliphatic heterocycles. The summed E-state index contributed by atoms with van der Waals surface area (Å²) in [6.07, 6.45) is 0.154. The number of rotatable bonds is 8. The maximum Gasteiger partial charge on any atom is 0.408 e. The fraction of sp³-hybridized carbons (Fsp3) is 0.333. The van der Waals surface area contributed by atoms with Crippen molar-refractivity contribution in [3.05, 3.63) is 71.8 Å². The third kappa shape index (κ3) is 6.59. The van der Waals surface area contributed by atoms with Gasteiger partial charge < -0.3 is 15.4 Å². The molecule has 2 amide bonds. The van der Waals surface area contributed by atoms with E-state index in [2.05, 4.69) is 10.6 Å². The zero-order valence-electron chi connectivity index (χ0n) is 15.3. The Morgan fingerprint density at radius 2 is 1.50 bits per heavy atom. The average molecular weight is 354 g/mol. The molecule has 2 rings (SSSR count). The number of ether oxygens (including phenoxy) is 1. The van der Waals surface area contributed by atoms with Gasteiger partial charge in [0.2, 0.25) is 5.91 Å². The molecule has 0 fully saturated rings. The standard InChI is InChI=1S/C21H26N2O3/c1-16(2)19(20(24)22-14-13-17-9-5-3-6-10-17)23-21(25)26-15-18-11-7-4-8-12-18/h3-12,16,19H,13-15H2,1-2H3,(H,22,24)(H,23,25)/t19-/m0/s1. The van der Waals surface area contributed by atoms with Crippen LogP contribution in [0.3, 0.4) is 0 Å². The summed E-state index contributed by atoms with van der Waals surface area (Å²) in [6.45, 7) is 4.47. The molecule has 0 radical (unpaired) electrons. The Balaban J connectivity index is 1.79. The molecule has 2 aromatic rings. The van der Waals surface area contributed by atoms with Gasteiger partial charge in [0.25, 0.3) is 0 Å². The summed E-state index contributed by atoms with van der Waals surface area (Å²) in [5.41, 5.74) is 2.06. The lowest BCUT2D eigenvalue weighted by Crippen LogP contribution is -2.50. The van der Waals surface area contributed by atoms with Crippen molar-refractivity contribution in [2.24, 2.45) is 5.92 Å². The highest BCUT2D eigenvalue weighted by Gasteiger charge is 2.24. The van der Waals surface area contributed by atoms with Crippen LogP contribution in [0.4, 0.5) is 4.79 Å². The summed E-state index contributed by atoms with van der Waals surface area (Å²) in [5.74, 6) is -0.247. The Morgan fingerprint density at radius 3 is 2.08 bits per heavy atom. The molecule has 0 unspecified atom stereocenters. The topological polar surface area (TPSA) is 67.4 Å². The van der Waals surface area contributed by atoms with Crippen LogP contribution in [0.5, 0.6) is 0 Å². The van der Waals surface area contributed by atoms with Gasteiger partial charge in [0.05, 0.1) is 0 Å². The van der Waals surface area contributed by atoms with Gasteiger partial charge in [-0.05, 0) is 23.5 Å². The quantitative estimate of drug-likeness (QED) is 0.764. The lowest BCUT2D eigenvalue weighted by atomic mass is 10.0. The molecule has 2 N–H and O–H groups in total. The van der Waals surface area contributed by atoms with Crippen molar-refractivity contribution in [2.45, 2.75) is 32.9 Å². The SMILES string of the molecule is CC(C)[C@H](NC(=O)OCc1ccccc1)C(=O)NCCc1ccccc1. The number of amides is 2. The number of nitrogens with one attached hydrogen (secondary N) is 2. The van der Waals surface area contributed by atoms with E-state index in [9.17, 15) is 9.59 Å². The van der Waals surface area contributed by atoms with Gasteiger partial charge in [0, 0.05) is 6.54 Å². The summed E-state index contributed by atoms with van der Waals surface area (Å²) in [4.78, 5) is 24.4. The number of carbonyl (C=O) groups is 2. The minimum Gasteiger partial charge on any atom is -0.445 e. The van der Waals surface area contributed by atoms with E-state index in [1.165, 1.54) is 0 Å². The molecule has 0 bridgehead atoms. The molecular weight excluding hydrogens is 328 g/mol. The molecule has 26 heavy (non-hydrogen) atoms. The van der Waals surface area contributed by atoms with Gasteiger partial charge in [-0.1, -0.05) is 74.5 Å². The van der Waals surface area contributed by atoms with Crippen LogP contribution in [0, 0.1) is 5.92 Å². The van der Waals surface area contributed by atoms with Gasteiger partial charge in [-0.25, -0.2) is 4.79 Å². The van der Waals surface area contributed by atoms with Crippen LogP contribution in [0.25, 0.3) is 0 Å². The van der Waals surface area contributed by atoms with E-state index in [4.69, 9.17) is 4.74 Å². The highest BCUT2D eigenvalue weighted by molar-refractivity contribution is 5.85. The predicted molar refractivity (Wildman–Crippen MR) is 102 cm³/mol. The van der Waals surface area contributed by atoms with Crippen LogP contribution >= 0.6 is 0 Å². The molecule has 5 nitrogen and oxygen atoms in total. The first-order valence-corrected chi connectivity index (χ1v) is 8.85. The lowest BCUT2D eigenvalue weighted by molar-refractivity contribution is -0.124. The molecule has 2 aromatic carbocycles. The van der Waals surface area contributed by atoms with Gasteiger partial charge in [-0.15, -0.1) is 0 Å². The molecule has 0 aromatic heterocycles. The van der Waals surface area contributed by atoms with Crippen molar-refractivity contribution in [3.63, 3.8) is 0 Å². The molecule has 0 aliphatic carbocycles. The zero-order chi connectivity index (χ0) is 18.8. The van der Waals surface area contributed by atoms with Crippen LogP contribution in [-0.4, -0.2) is 24.6 Å². The molecule has 5 heteroatoms. The van der Waals surface area contributed by atoms with Gasteiger partial charge in [0.15, 0.2) is 0 Å². The summed E-state index contributed by atoms with van der Waals surface area (Å²) in [7, 11) is 0. The van der Waals surface area contributed by atoms with E-state index in [-0.39, 0.29) is 18.4 Å². The molecule has 1 atom stereocenters. The molecule has 138 valence electrons. The second-order valence-electron chi connectivity index (χ2n) is 6.45. The van der Waals surface area contributed by atoms with Crippen molar-refractivity contribution < 1.29 is 14.3 Å². The molecular formula is C21H26N2O3. The Morgan fingerprint density at radius 1 is 0.923 bits per heavy atom. The smallest absolute Gasteiger partial charge is 0.408 e. The Hall–Kier alpha value is -2.82. The largest absolute Gasteiger partial charge is 0.445 e. The van der Waals surface area contributed by atoms with Crippen molar-refractivity contribution in [1.29, 1.82) is 0 Å². The van der Waals surface area contributed by atoms with E-state index in [0.29, 0.717) is 6.54 Å². The maximum absolute atomic E-state index is 12.4. The predicted octanol–water partition coefficient (Wildman–Crippen LogP) is 3.30. The van der Waals surface area contributed by atoms with Crippen LogP contribution in [-0.2, 0) is 22.6 Å². The lowest BCUT2D eigenvalue weighted by Gasteiger charge is -2.21. The van der Waals surface area contributed by atoms with Crippen LogP contribution in [0.2, 0.25) is 0 Å². The van der Waals surface area contributed by atoms with Gasteiger partial charge in [-0.2, -0.15) is 0 Å². The molecule has 0 aliphatic rings. The van der Waals surface area contributed by atoms with Gasteiger partial charge in [0.1, 0.15) is 12.6 Å². The minimum atomic E-state index is -0.631.